The first-order chi connectivity index (χ1) is 10.5. The molecule has 0 aliphatic carbocycles. The molecule has 0 saturated carbocycles. The third kappa shape index (κ3) is 3.69. The molecule has 116 valence electrons. The second kappa shape index (κ2) is 6.85. The van der Waals surface area contributed by atoms with Gasteiger partial charge < -0.3 is 20.3 Å². The number of hydrogen-bond donors (Lipinski definition) is 3. The van der Waals surface area contributed by atoms with Crippen LogP contribution in [0.5, 0.6) is 11.5 Å². The molecular weight excluding hydrogens is 282 g/mol. The maximum atomic E-state index is 11.0. The van der Waals surface area contributed by atoms with E-state index in [9.17, 15) is 9.90 Å². The van der Waals surface area contributed by atoms with Crippen molar-refractivity contribution in [2.75, 3.05) is 18.5 Å². The monoisotopic (exact) mass is 301 g/mol. The van der Waals surface area contributed by atoms with Gasteiger partial charge in [0.2, 0.25) is 0 Å². The van der Waals surface area contributed by atoms with E-state index < -0.39 is 5.97 Å². The first kappa shape index (κ1) is 15.7. The van der Waals surface area contributed by atoms with E-state index >= 15 is 0 Å². The van der Waals surface area contributed by atoms with E-state index in [-0.39, 0.29) is 11.3 Å². The van der Waals surface area contributed by atoms with Gasteiger partial charge in [-0.1, -0.05) is 18.2 Å². The Morgan fingerprint density at radius 3 is 2.50 bits per heavy atom. The molecule has 2 aromatic carbocycles. The fraction of sp³-hybridized carbons (Fsp3) is 0.235. The van der Waals surface area contributed by atoms with Crippen LogP contribution >= 0.6 is 0 Å². The van der Waals surface area contributed by atoms with E-state index in [1.807, 2.05) is 32.0 Å². The highest BCUT2D eigenvalue weighted by Crippen LogP contribution is 2.23. The Kier molecular flexibility index (Phi) is 4.88. The van der Waals surface area contributed by atoms with Gasteiger partial charge in [0.05, 0.1) is 0 Å². The molecule has 0 aliphatic heterocycles. The molecule has 0 saturated heterocycles. The number of nitrogens with one attached hydrogen (secondary N) is 1. The second-order valence-electron chi connectivity index (χ2n) is 5.03. The van der Waals surface area contributed by atoms with Crippen LogP contribution in [-0.4, -0.2) is 29.3 Å². The number of benzene rings is 2. The standard InChI is InChI=1S/C17H19NO4/c1-11-4-3-5-12(2)16(11)22-9-8-18-13-6-7-15(19)14(10-13)17(20)21/h3-7,10,18-19H,8-9H2,1-2H3,(H,20,21). The number of rotatable bonds is 6. The number of aromatic carboxylic acids is 1. The molecule has 0 aromatic heterocycles. The number of carboxylic acids is 1. The number of carbonyl (C=O) groups is 1. The minimum Gasteiger partial charge on any atom is -0.507 e. The van der Waals surface area contributed by atoms with Crippen LogP contribution in [0.25, 0.3) is 0 Å². The number of carboxylic acid groups (broad SMARTS) is 1. The lowest BCUT2D eigenvalue weighted by atomic mass is 10.1. The molecule has 0 radical (unpaired) electrons. The van der Waals surface area contributed by atoms with Gasteiger partial charge in [-0.15, -0.1) is 0 Å². The number of para-hydroxylation sites is 1. The van der Waals surface area contributed by atoms with Crippen LogP contribution in [0.3, 0.4) is 0 Å². The maximum absolute atomic E-state index is 11.0. The van der Waals surface area contributed by atoms with Gasteiger partial charge in [0.25, 0.3) is 0 Å². The summed E-state index contributed by atoms with van der Waals surface area (Å²) in [5, 5.41) is 21.5. The number of phenols is 1. The molecule has 5 nitrogen and oxygen atoms in total. The molecule has 0 atom stereocenters. The number of anilines is 1. The first-order valence-corrected chi connectivity index (χ1v) is 6.98. The van der Waals surface area contributed by atoms with E-state index in [4.69, 9.17) is 9.84 Å². The SMILES string of the molecule is Cc1cccc(C)c1OCCNc1ccc(O)c(C(=O)O)c1. The van der Waals surface area contributed by atoms with Crippen molar-refractivity contribution in [3.63, 3.8) is 0 Å². The quantitative estimate of drug-likeness (QED) is 0.564. The van der Waals surface area contributed by atoms with Crippen LogP contribution in [0.4, 0.5) is 5.69 Å². The molecule has 22 heavy (non-hydrogen) atoms. The summed E-state index contributed by atoms with van der Waals surface area (Å²) in [6.07, 6.45) is 0. The van der Waals surface area contributed by atoms with Crippen molar-refractivity contribution >= 4 is 11.7 Å². The average molecular weight is 301 g/mol. The third-order valence-corrected chi connectivity index (χ3v) is 3.31. The molecular formula is C17H19NO4. The molecule has 0 unspecified atom stereocenters. The molecule has 2 rings (SSSR count). The van der Waals surface area contributed by atoms with E-state index in [1.54, 1.807) is 6.07 Å². The van der Waals surface area contributed by atoms with Gasteiger partial charge in [0.1, 0.15) is 23.7 Å². The molecule has 5 heteroatoms. The first-order valence-electron chi connectivity index (χ1n) is 6.98. The minimum absolute atomic E-state index is 0.124. The fourth-order valence-electron chi connectivity index (χ4n) is 2.19. The van der Waals surface area contributed by atoms with Crippen molar-refractivity contribution in [3.05, 3.63) is 53.1 Å². The normalized spacial score (nSPS) is 10.3. The van der Waals surface area contributed by atoms with Crippen LogP contribution in [-0.2, 0) is 0 Å². The summed E-state index contributed by atoms with van der Waals surface area (Å²) in [5.41, 5.74) is 2.66. The van der Waals surface area contributed by atoms with Gasteiger partial charge in [-0.25, -0.2) is 4.79 Å². The van der Waals surface area contributed by atoms with Crippen LogP contribution in [0.1, 0.15) is 21.5 Å². The summed E-state index contributed by atoms with van der Waals surface area (Å²) in [6.45, 7) is 4.97. The zero-order valence-corrected chi connectivity index (χ0v) is 12.6. The predicted molar refractivity (Wildman–Crippen MR) is 85.0 cm³/mol. The topological polar surface area (TPSA) is 78.8 Å². The van der Waals surface area contributed by atoms with Crippen LogP contribution < -0.4 is 10.1 Å². The Hall–Kier alpha value is -2.69. The number of hydrogen-bond acceptors (Lipinski definition) is 4. The van der Waals surface area contributed by atoms with Gasteiger partial charge in [-0.3, -0.25) is 0 Å². The summed E-state index contributed by atoms with van der Waals surface area (Å²) in [5.74, 6) is -0.529. The lowest BCUT2D eigenvalue weighted by Gasteiger charge is -2.13. The van der Waals surface area contributed by atoms with Gasteiger partial charge >= 0.3 is 5.97 Å². The van der Waals surface area contributed by atoms with E-state index in [0.717, 1.165) is 16.9 Å². The van der Waals surface area contributed by atoms with E-state index in [1.165, 1.54) is 12.1 Å². The molecule has 0 bridgehead atoms. The molecule has 0 fully saturated rings. The summed E-state index contributed by atoms with van der Waals surface area (Å²) < 4.78 is 5.76. The van der Waals surface area contributed by atoms with Crippen molar-refractivity contribution in [1.29, 1.82) is 0 Å². The molecule has 0 spiro atoms. The Bertz CT molecular complexity index is 662. The molecule has 0 aliphatic rings. The Labute approximate surface area is 129 Å². The van der Waals surface area contributed by atoms with Gasteiger partial charge in [0, 0.05) is 12.2 Å². The lowest BCUT2D eigenvalue weighted by Crippen LogP contribution is -2.13. The summed E-state index contributed by atoms with van der Waals surface area (Å²) >= 11 is 0. The van der Waals surface area contributed by atoms with Crippen LogP contribution in [0.15, 0.2) is 36.4 Å². The maximum Gasteiger partial charge on any atom is 0.339 e. The highest BCUT2D eigenvalue weighted by Gasteiger charge is 2.10. The zero-order valence-electron chi connectivity index (χ0n) is 12.6. The third-order valence-electron chi connectivity index (χ3n) is 3.31. The summed E-state index contributed by atoms with van der Waals surface area (Å²) in [4.78, 5) is 11.0. The minimum atomic E-state index is -1.16. The van der Waals surface area contributed by atoms with Crippen LogP contribution in [0.2, 0.25) is 0 Å². The van der Waals surface area contributed by atoms with E-state index in [2.05, 4.69) is 5.32 Å². The Balaban J connectivity index is 1.92. The molecule has 3 N–H and O–H groups in total. The van der Waals surface area contributed by atoms with Gasteiger partial charge in [-0.05, 0) is 43.2 Å². The lowest BCUT2D eigenvalue weighted by molar-refractivity contribution is 0.0694. The fourth-order valence-corrected chi connectivity index (χ4v) is 2.19. The number of aromatic hydroxyl groups is 1. The smallest absolute Gasteiger partial charge is 0.339 e. The van der Waals surface area contributed by atoms with Crippen LogP contribution in [0, 0.1) is 13.8 Å². The molecule has 0 heterocycles. The summed E-state index contributed by atoms with van der Waals surface area (Å²) in [7, 11) is 0. The molecule has 2 aromatic rings. The predicted octanol–water partition coefficient (Wildman–Crippen LogP) is 3.20. The van der Waals surface area contributed by atoms with Gasteiger partial charge in [0.15, 0.2) is 0 Å². The van der Waals surface area contributed by atoms with Crippen molar-refractivity contribution in [2.45, 2.75) is 13.8 Å². The second-order valence-corrected chi connectivity index (χ2v) is 5.03. The molecule has 0 amide bonds. The van der Waals surface area contributed by atoms with Crippen molar-refractivity contribution in [2.24, 2.45) is 0 Å². The Morgan fingerprint density at radius 1 is 1.18 bits per heavy atom. The highest BCUT2D eigenvalue weighted by atomic mass is 16.5. The summed E-state index contributed by atoms with van der Waals surface area (Å²) in [6, 6.07) is 10.4. The van der Waals surface area contributed by atoms with Crippen molar-refractivity contribution in [3.8, 4) is 11.5 Å². The number of ether oxygens (including phenoxy) is 1. The highest BCUT2D eigenvalue weighted by molar-refractivity contribution is 5.91. The van der Waals surface area contributed by atoms with Gasteiger partial charge in [-0.2, -0.15) is 0 Å². The van der Waals surface area contributed by atoms with Crippen molar-refractivity contribution < 1.29 is 19.7 Å². The van der Waals surface area contributed by atoms with Crippen molar-refractivity contribution in [1.82, 2.24) is 0 Å². The zero-order chi connectivity index (χ0) is 16.1. The van der Waals surface area contributed by atoms with E-state index in [0.29, 0.717) is 18.8 Å². The largest absolute Gasteiger partial charge is 0.507 e. The number of aryl methyl sites for hydroxylation is 2. The average Bonchev–Trinajstić information content (AvgIpc) is 2.47. The Morgan fingerprint density at radius 2 is 1.86 bits per heavy atom.